The maximum Gasteiger partial charge on any atom is 0.338 e. The van der Waals surface area contributed by atoms with Crippen molar-refractivity contribution in [1.82, 2.24) is 19.8 Å². The van der Waals surface area contributed by atoms with Crippen molar-refractivity contribution >= 4 is 45.8 Å². The first-order valence-corrected chi connectivity index (χ1v) is 12.1. The third kappa shape index (κ3) is 4.79. The molecule has 2 aliphatic heterocycles. The number of pyridine rings is 1. The summed E-state index contributed by atoms with van der Waals surface area (Å²) in [4.78, 5) is 37.7. The van der Waals surface area contributed by atoms with Crippen molar-refractivity contribution in [2.75, 3.05) is 25.3 Å². The minimum atomic E-state index is -0.705. The number of methoxy groups -OCH3 is 1. The number of piperazine rings is 1. The molecule has 0 unspecified atom stereocenters. The average molecular weight is 534 g/mol. The van der Waals surface area contributed by atoms with E-state index in [1.165, 1.54) is 36.6 Å². The van der Waals surface area contributed by atoms with Crippen molar-refractivity contribution in [3.8, 4) is 0 Å². The molecule has 0 saturated carbocycles. The maximum absolute atomic E-state index is 14.4. The Bertz CT molecular complexity index is 1280. The number of amides is 1. The summed E-state index contributed by atoms with van der Waals surface area (Å²) in [7, 11) is 1.29. The zero-order valence-corrected chi connectivity index (χ0v) is 20.2. The number of carbonyl (C=O) groups excluding carboxylic acids is 2. The van der Waals surface area contributed by atoms with Crippen molar-refractivity contribution in [2.24, 2.45) is 0 Å². The normalized spacial score (nSPS) is 18.7. The van der Waals surface area contributed by atoms with Crippen LogP contribution in [0.15, 0.2) is 41.9 Å². The van der Waals surface area contributed by atoms with Crippen LogP contribution >= 0.6 is 22.9 Å². The van der Waals surface area contributed by atoms with Crippen LogP contribution in [0.2, 0.25) is 5.02 Å². The molecule has 2 fully saturated rings. The van der Waals surface area contributed by atoms with Crippen LogP contribution in [0.3, 0.4) is 0 Å². The lowest BCUT2D eigenvalue weighted by Gasteiger charge is -2.34. The first-order chi connectivity index (χ1) is 16.9. The second-order valence-electron chi connectivity index (χ2n) is 8.36. The van der Waals surface area contributed by atoms with Crippen LogP contribution in [-0.4, -0.2) is 69.1 Å². The molecule has 1 aromatic carbocycles. The summed E-state index contributed by atoms with van der Waals surface area (Å²) in [6, 6.07) is 7.47. The van der Waals surface area contributed by atoms with Crippen LogP contribution in [0.1, 0.15) is 40.3 Å². The standard InChI is InChI=1S/C23H21ClFN5O4S.CH4/c1-34-22(32)13-7-14(27-19(8-13)30(33)23-26-5-6-35-23)10-28-11-16-9-15(28)12-29(16)21(31)17-3-2-4-18(24)20(17)25;/h2-8,15-16,33H,9-12H2,1H3;1H4/t15-,16-;/m1./s1. The summed E-state index contributed by atoms with van der Waals surface area (Å²) in [6.45, 7) is 1.43. The first-order valence-electron chi connectivity index (χ1n) is 10.8. The Morgan fingerprint density at radius 1 is 1.31 bits per heavy atom. The minimum Gasteiger partial charge on any atom is -0.465 e. The summed E-state index contributed by atoms with van der Waals surface area (Å²) in [5.41, 5.74) is 0.782. The molecule has 36 heavy (non-hydrogen) atoms. The number of hydrogen-bond donors (Lipinski definition) is 1. The summed E-state index contributed by atoms with van der Waals surface area (Å²) < 4.78 is 19.2. The molecule has 2 aliphatic rings. The van der Waals surface area contributed by atoms with Crippen LogP contribution < -0.4 is 5.06 Å². The van der Waals surface area contributed by atoms with Gasteiger partial charge in [-0.3, -0.25) is 14.9 Å². The van der Waals surface area contributed by atoms with Crippen LogP contribution in [0, 0.1) is 5.82 Å². The molecule has 5 rings (SSSR count). The summed E-state index contributed by atoms with van der Waals surface area (Å²) in [5, 5.41) is 13.3. The summed E-state index contributed by atoms with van der Waals surface area (Å²) >= 11 is 7.07. The van der Waals surface area contributed by atoms with E-state index in [9.17, 15) is 19.2 Å². The highest BCUT2D eigenvalue weighted by Crippen LogP contribution is 2.34. The smallest absolute Gasteiger partial charge is 0.338 e. The maximum atomic E-state index is 14.4. The van der Waals surface area contributed by atoms with Crippen LogP contribution in [0.25, 0.3) is 0 Å². The number of halogens is 2. The van der Waals surface area contributed by atoms with E-state index in [-0.39, 0.29) is 47.4 Å². The second-order valence-corrected chi connectivity index (χ2v) is 9.64. The lowest BCUT2D eigenvalue weighted by molar-refractivity contribution is 0.0591. The van der Waals surface area contributed by atoms with Crippen molar-refractivity contribution in [3.05, 3.63) is 69.6 Å². The Kier molecular flexibility index (Phi) is 7.55. The predicted molar refractivity (Wildman–Crippen MR) is 133 cm³/mol. The number of ether oxygens (including phenoxy) is 1. The third-order valence-corrected chi connectivity index (χ3v) is 7.30. The molecular formula is C24H25ClFN5O4S. The zero-order chi connectivity index (χ0) is 24.7. The molecule has 2 bridgehead atoms. The fourth-order valence-electron chi connectivity index (χ4n) is 4.64. The summed E-state index contributed by atoms with van der Waals surface area (Å²) in [6.07, 6.45) is 2.31. The van der Waals surface area contributed by atoms with Gasteiger partial charge in [-0.1, -0.05) is 25.1 Å². The summed E-state index contributed by atoms with van der Waals surface area (Å²) in [5.74, 6) is -1.48. The number of hydrogen-bond acceptors (Lipinski definition) is 9. The molecule has 4 heterocycles. The van der Waals surface area contributed by atoms with E-state index < -0.39 is 11.8 Å². The SMILES string of the molecule is C.COC(=O)c1cc(CN2C[C@H]3C[C@@H]2CN3C(=O)c2cccc(Cl)c2F)nc(N(O)c2nccs2)c1. The molecule has 2 aromatic heterocycles. The van der Waals surface area contributed by atoms with E-state index in [4.69, 9.17) is 16.3 Å². The van der Waals surface area contributed by atoms with E-state index in [1.54, 1.807) is 28.6 Å². The van der Waals surface area contributed by atoms with Crippen molar-refractivity contribution < 1.29 is 23.9 Å². The van der Waals surface area contributed by atoms with E-state index in [1.807, 2.05) is 0 Å². The number of fused-ring (bicyclic) bond motifs is 2. The minimum absolute atomic E-state index is 0. The number of thiazole rings is 1. The molecule has 9 nitrogen and oxygen atoms in total. The molecule has 1 N–H and O–H groups in total. The molecule has 2 atom stereocenters. The van der Waals surface area contributed by atoms with Crippen LogP contribution in [0.5, 0.6) is 0 Å². The lowest BCUT2D eigenvalue weighted by Crippen LogP contribution is -2.48. The van der Waals surface area contributed by atoms with Gasteiger partial charge in [-0.2, -0.15) is 5.06 Å². The van der Waals surface area contributed by atoms with Gasteiger partial charge in [0.1, 0.15) is 0 Å². The van der Waals surface area contributed by atoms with Crippen molar-refractivity contribution in [2.45, 2.75) is 32.5 Å². The Hall–Kier alpha value is -3.12. The van der Waals surface area contributed by atoms with E-state index in [0.717, 1.165) is 11.5 Å². The largest absolute Gasteiger partial charge is 0.465 e. The highest BCUT2D eigenvalue weighted by molar-refractivity contribution is 7.13. The quantitative estimate of drug-likeness (QED) is 0.368. The molecule has 2 saturated heterocycles. The Labute approximate surface area is 216 Å². The fraction of sp³-hybridized carbons (Fsp3) is 0.333. The number of rotatable bonds is 6. The van der Waals surface area contributed by atoms with Gasteiger partial charge in [0.05, 0.1) is 29.0 Å². The highest BCUT2D eigenvalue weighted by atomic mass is 35.5. The van der Waals surface area contributed by atoms with Crippen LogP contribution in [0.4, 0.5) is 15.3 Å². The Morgan fingerprint density at radius 2 is 2.11 bits per heavy atom. The number of aromatic nitrogens is 2. The topological polar surface area (TPSA) is 99.1 Å². The second kappa shape index (κ2) is 10.5. The van der Waals surface area contributed by atoms with Gasteiger partial charge in [0.25, 0.3) is 5.91 Å². The number of likely N-dealkylation sites (tertiary alicyclic amines) is 2. The zero-order valence-electron chi connectivity index (χ0n) is 18.6. The Balaban J connectivity index is 0.00000304. The Morgan fingerprint density at radius 3 is 2.78 bits per heavy atom. The molecule has 12 heteroatoms. The molecule has 0 aliphatic carbocycles. The molecule has 0 spiro atoms. The average Bonchev–Trinajstić information content (AvgIpc) is 3.62. The van der Waals surface area contributed by atoms with E-state index >= 15 is 0 Å². The van der Waals surface area contributed by atoms with Gasteiger partial charge in [-0.25, -0.2) is 19.2 Å². The number of nitrogens with zero attached hydrogens (tertiary/aromatic N) is 5. The van der Waals surface area contributed by atoms with Gasteiger partial charge < -0.3 is 9.64 Å². The predicted octanol–water partition coefficient (Wildman–Crippen LogP) is 4.38. The number of carbonyl (C=O) groups is 2. The van der Waals surface area contributed by atoms with Crippen molar-refractivity contribution in [1.29, 1.82) is 0 Å². The van der Waals surface area contributed by atoms with Gasteiger partial charge in [0.15, 0.2) is 11.6 Å². The van der Waals surface area contributed by atoms with E-state index in [0.29, 0.717) is 30.5 Å². The van der Waals surface area contributed by atoms with Gasteiger partial charge in [0, 0.05) is 43.3 Å². The molecule has 190 valence electrons. The molecular weight excluding hydrogens is 509 g/mol. The lowest BCUT2D eigenvalue weighted by atomic mass is 10.1. The molecule has 3 aromatic rings. The van der Waals surface area contributed by atoms with Gasteiger partial charge in [-0.15, -0.1) is 11.3 Å². The van der Waals surface area contributed by atoms with Crippen LogP contribution in [-0.2, 0) is 11.3 Å². The highest BCUT2D eigenvalue weighted by Gasteiger charge is 2.45. The number of benzene rings is 1. The van der Waals surface area contributed by atoms with Gasteiger partial charge in [0.2, 0.25) is 5.13 Å². The number of anilines is 2. The molecule has 0 radical (unpaired) electrons. The van der Waals surface area contributed by atoms with Gasteiger partial charge in [-0.05, 0) is 30.7 Å². The van der Waals surface area contributed by atoms with Gasteiger partial charge >= 0.3 is 5.97 Å². The fourth-order valence-corrected chi connectivity index (χ4v) is 5.37. The monoisotopic (exact) mass is 533 g/mol. The van der Waals surface area contributed by atoms with Crippen molar-refractivity contribution in [3.63, 3.8) is 0 Å². The molecule has 1 amide bonds. The number of esters is 1. The first kappa shape index (κ1) is 26.0. The van der Waals surface area contributed by atoms with E-state index in [2.05, 4.69) is 14.9 Å². The third-order valence-electron chi connectivity index (χ3n) is 6.27.